The van der Waals surface area contributed by atoms with Gasteiger partial charge in [-0.2, -0.15) is 0 Å². The third kappa shape index (κ3) is 3.80. The smallest absolute Gasteiger partial charge is 0.178 e. The fraction of sp³-hybridized carbons (Fsp3) is 0.600. The predicted molar refractivity (Wildman–Crippen MR) is 78.3 cm³/mol. The van der Waals surface area contributed by atoms with E-state index in [2.05, 4.69) is 12.2 Å². The molecule has 1 aromatic rings. The maximum atomic E-state index is 12.2. The van der Waals surface area contributed by atoms with Crippen LogP contribution in [0.2, 0.25) is 0 Å². The van der Waals surface area contributed by atoms with Gasteiger partial charge < -0.3 is 5.32 Å². The van der Waals surface area contributed by atoms with Gasteiger partial charge in [-0.3, -0.25) is 0 Å². The van der Waals surface area contributed by atoms with Crippen LogP contribution in [-0.4, -0.2) is 27.3 Å². The lowest BCUT2D eigenvalue weighted by molar-refractivity contribution is 0.588. The molecule has 4 heteroatoms. The van der Waals surface area contributed by atoms with E-state index in [4.69, 9.17) is 0 Å². The largest absolute Gasteiger partial charge is 0.317 e. The van der Waals surface area contributed by atoms with Gasteiger partial charge in [-0.15, -0.1) is 0 Å². The maximum absolute atomic E-state index is 12.2. The van der Waals surface area contributed by atoms with E-state index < -0.39 is 9.84 Å². The summed E-state index contributed by atoms with van der Waals surface area (Å²) in [5.41, 5.74) is 2.55. The molecule has 1 aliphatic rings. The van der Waals surface area contributed by atoms with E-state index in [9.17, 15) is 8.42 Å². The van der Waals surface area contributed by atoms with Crippen molar-refractivity contribution in [1.29, 1.82) is 0 Å². The molecule has 3 nitrogen and oxygen atoms in total. The van der Waals surface area contributed by atoms with Gasteiger partial charge in [0.25, 0.3) is 0 Å². The third-order valence-electron chi connectivity index (χ3n) is 3.62. The highest BCUT2D eigenvalue weighted by Crippen LogP contribution is 2.25. The van der Waals surface area contributed by atoms with Crippen molar-refractivity contribution in [2.75, 3.05) is 18.8 Å². The minimum Gasteiger partial charge on any atom is -0.317 e. The van der Waals surface area contributed by atoms with Crippen LogP contribution >= 0.6 is 0 Å². The zero-order valence-corrected chi connectivity index (χ0v) is 12.4. The molecular weight excluding hydrogens is 258 g/mol. The molecule has 0 heterocycles. The molecule has 1 N–H and O–H groups in total. The average molecular weight is 281 g/mol. The third-order valence-corrected chi connectivity index (χ3v) is 5.42. The average Bonchev–Trinajstić information content (AvgIpc) is 2.85. The molecule has 0 radical (unpaired) electrons. The van der Waals surface area contributed by atoms with Crippen LogP contribution in [0.25, 0.3) is 0 Å². The summed E-state index contributed by atoms with van der Waals surface area (Å²) in [5.74, 6) is 0.239. The van der Waals surface area contributed by atoms with Gasteiger partial charge >= 0.3 is 0 Å². The predicted octanol–water partition coefficient (Wildman–Crippen LogP) is 2.34. The minimum atomic E-state index is -3.11. The number of aryl methyl sites for hydroxylation is 2. The van der Waals surface area contributed by atoms with Gasteiger partial charge in [0.2, 0.25) is 0 Å². The first-order valence-corrected chi connectivity index (χ1v) is 8.84. The summed E-state index contributed by atoms with van der Waals surface area (Å²) in [7, 11) is -3.11. The zero-order valence-electron chi connectivity index (χ0n) is 11.6. The lowest BCUT2D eigenvalue weighted by atomic mass is 10.1. The molecule has 0 aliphatic heterocycles. The summed E-state index contributed by atoms with van der Waals surface area (Å²) in [6.07, 6.45) is 5.03. The van der Waals surface area contributed by atoms with Crippen molar-refractivity contribution >= 4 is 9.84 Å². The Morgan fingerprint density at radius 2 is 1.95 bits per heavy atom. The van der Waals surface area contributed by atoms with E-state index in [1.807, 2.05) is 12.1 Å². The van der Waals surface area contributed by atoms with Crippen LogP contribution in [0.4, 0.5) is 0 Å². The summed E-state index contributed by atoms with van der Waals surface area (Å²) in [4.78, 5) is 0.503. The second kappa shape index (κ2) is 6.53. The highest BCUT2D eigenvalue weighted by atomic mass is 32.2. The van der Waals surface area contributed by atoms with Gasteiger partial charge in [0.15, 0.2) is 9.84 Å². The monoisotopic (exact) mass is 281 g/mol. The molecule has 1 aliphatic carbocycles. The molecule has 0 spiro atoms. The van der Waals surface area contributed by atoms with Crippen molar-refractivity contribution in [3.63, 3.8) is 0 Å². The first kappa shape index (κ1) is 14.5. The SMILES string of the molecule is CCCNCCCS(=O)(=O)c1ccc2c(c1)CCC2. The molecule has 1 aromatic carbocycles. The molecule has 0 aromatic heterocycles. The Labute approximate surface area is 116 Å². The second-order valence-electron chi connectivity index (χ2n) is 5.21. The van der Waals surface area contributed by atoms with Crippen molar-refractivity contribution < 1.29 is 8.42 Å². The van der Waals surface area contributed by atoms with Crippen LogP contribution in [0.15, 0.2) is 23.1 Å². The molecular formula is C15H23NO2S. The van der Waals surface area contributed by atoms with Gasteiger partial charge in [-0.05, 0) is 68.5 Å². The fourth-order valence-electron chi connectivity index (χ4n) is 2.55. The molecule has 0 atom stereocenters. The fourth-order valence-corrected chi connectivity index (χ4v) is 3.91. The Balaban J connectivity index is 1.95. The van der Waals surface area contributed by atoms with E-state index in [-0.39, 0.29) is 5.75 Å². The van der Waals surface area contributed by atoms with Crippen LogP contribution in [0, 0.1) is 0 Å². The number of fused-ring (bicyclic) bond motifs is 1. The molecule has 0 saturated heterocycles. The van der Waals surface area contributed by atoms with Crippen molar-refractivity contribution in [3.8, 4) is 0 Å². The number of benzene rings is 1. The van der Waals surface area contributed by atoms with Gasteiger partial charge in [0, 0.05) is 0 Å². The van der Waals surface area contributed by atoms with E-state index in [0.29, 0.717) is 11.3 Å². The second-order valence-corrected chi connectivity index (χ2v) is 7.32. The molecule has 2 rings (SSSR count). The van der Waals surface area contributed by atoms with Crippen molar-refractivity contribution in [3.05, 3.63) is 29.3 Å². The van der Waals surface area contributed by atoms with Gasteiger partial charge in [-0.25, -0.2) is 8.42 Å². The van der Waals surface area contributed by atoms with Crippen molar-refractivity contribution in [1.82, 2.24) is 5.32 Å². The lowest BCUT2D eigenvalue weighted by Gasteiger charge is -2.07. The van der Waals surface area contributed by atoms with E-state index >= 15 is 0 Å². The number of sulfone groups is 1. The highest BCUT2D eigenvalue weighted by molar-refractivity contribution is 7.91. The summed E-state index contributed by atoms with van der Waals surface area (Å²) >= 11 is 0. The quantitative estimate of drug-likeness (QED) is 0.780. The van der Waals surface area contributed by atoms with Crippen molar-refractivity contribution in [2.45, 2.75) is 43.9 Å². The first-order chi connectivity index (χ1) is 9.13. The molecule has 0 bridgehead atoms. The van der Waals surface area contributed by atoms with Crippen LogP contribution in [0.3, 0.4) is 0 Å². The van der Waals surface area contributed by atoms with Crippen LogP contribution < -0.4 is 5.32 Å². The number of nitrogens with one attached hydrogen (secondary N) is 1. The summed E-state index contributed by atoms with van der Waals surface area (Å²) < 4.78 is 24.5. The molecule has 106 valence electrons. The zero-order chi connectivity index (χ0) is 13.7. The topological polar surface area (TPSA) is 46.2 Å². The minimum absolute atomic E-state index is 0.239. The Hall–Kier alpha value is -0.870. The Bertz CT molecular complexity index is 523. The lowest BCUT2D eigenvalue weighted by Crippen LogP contribution is -2.19. The van der Waals surface area contributed by atoms with Crippen LogP contribution in [-0.2, 0) is 22.7 Å². The van der Waals surface area contributed by atoms with Gasteiger partial charge in [0.1, 0.15) is 0 Å². The highest BCUT2D eigenvalue weighted by Gasteiger charge is 2.18. The number of hydrogen-bond acceptors (Lipinski definition) is 3. The molecule has 0 fully saturated rings. The summed E-state index contributed by atoms with van der Waals surface area (Å²) in [5, 5.41) is 3.24. The van der Waals surface area contributed by atoms with Crippen LogP contribution in [0.1, 0.15) is 37.3 Å². The van der Waals surface area contributed by atoms with Crippen molar-refractivity contribution in [2.24, 2.45) is 0 Å². The molecule has 19 heavy (non-hydrogen) atoms. The number of rotatable bonds is 7. The standard InChI is InChI=1S/C15H23NO2S/c1-2-9-16-10-4-11-19(17,18)15-8-7-13-5-3-6-14(13)12-15/h7-8,12,16H,2-6,9-11H2,1H3. The number of hydrogen-bond donors (Lipinski definition) is 1. The normalized spacial score (nSPS) is 14.6. The summed E-state index contributed by atoms with van der Waals surface area (Å²) in [6.45, 7) is 3.84. The molecule has 0 unspecified atom stereocenters. The maximum Gasteiger partial charge on any atom is 0.178 e. The Kier molecular flexibility index (Phi) is 4.99. The first-order valence-electron chi connectivity index (χ1n) is 7.19. The Morgan fingerprint density at radius 3 is 2.74 bits per heavy atom. The van der Waals surface area contributed by atoms with E-state index in [1.165, 1.54) is 11.1 Å². The summed E-state index contributed by atoms with van der Waals surface area (Å²) in [6, 6.07) is 5.65. The van der Waals surface area contributed by atoms with Gasteiger partial charge in [0.05, 0.1) is 10.6 Å². The molecule has 0 amide bonds. The Morgan fingerprint density at radius 1 is 1.16 bits per heavy atom. The van der Waals surface area contributed by atoms with E-state index in [1.54, 1.807) is 6.07 Å². The molecule has 0 saturated carbocycles. The van der Waals surface area contributed by atoms with Crippen LogP contribution in [0.5, 0.6) is 0 Å². The van der Waals surface area contributed by atoms with E-state index in [0.717, 1.165) is 38.8 Å². The van der Waals surface area contributed by atoms with Gasteiger partial charge in [-0.1, -0.05) is 13.0 Å².